The van der Waals surface area contributed by atoms with Gasteiger partial charge < -0.3 is 20.3 Å². The summed E-state index contributed by atoms with van der Waals surface area (Å²) < 4.78 is 45.2. The van der Waals surface area contributed by atoms with Crippen LogP contribution in [0, 0.1) is 6.92 Å². The lowest BCUT2D eigenvalue weighted by Crippen LogP contribution is -2.42. The van der Waals surface area contributed by atoms with Gasteiger partial charge in [0.15, 0.2) is 0 Å². The van der Waals surface area contributed by atoms with Gasteiger partial charge in [-0.25, -0.2) is 15.0 Å². The van der Waals surface area contributed by atoms with E-state index in [2.05, 4.69) is 25.6 Å². The van der Waals surface area contributed by atoms with Crippen molar-refractivity contribution in [3.8, 4) is 22.8 Å². The highest BCUT2D eigenvalue weighted by molar-refractivity contribution is 5.94. The number of para-hydroxylation sites is 1. The molecule has 5 aromatic rings. The van der Waals surface area contributed by atoms with Crippen molar-refractivity contribution in [2.75, 3.05) is 23.7 Å². The van der Waals surface area contributed by atoms with Crippen LogP contribution >= 0.6 is 0 Å². The number of alkyl halides is 3. The van der Waals surface area contributed by atoms with Gasteiger partial charge in [-0.3, -0.25) is 4.79 Å². The molecule has 1 aliphatic rings. The van der Waals surface area contributed by atoms with Crippen LogP contribution in [0.5, 0.6) is 11.5 Å². The van der Waals surface area contributed by atoms with Gasteiger partial charge in [-0.1, -0.05) is 18.2 Å². The summed E-state index contributed by atoms with van der Waals surface area (Å²) in [5, 5.41) is 6.34. The van der Waals surface area contributed by atoms with Crippen LogP contribution in [-0.4, -0.2) is 44.9 Å². The van der Waals surface area contributed by atoms with E-state index in [0.717, 1.165) is 48.0 Å². The maximum atomic E-state index is 13.1. The number of hydrogen-bond acceptors (Lipinski definition) is 7. The third kappa shape index (κ3) is 7.60. The SMILES string of the molecule is Cc1cc(Nc2cc(C(F)(F)F)ccn2)nc(-c2ccc(NC3CCN(C(=O)c4ccc(Oc5ccccc5)cc4)CC3)nc2)c1. The van der Waals surface area contributed by atoms with Gasteiger partial charge in [0.25, 0.3) is 5.91 Å². The van der Waals surface area contributed by atoms with Crippen LogP contribution in [-0.2, 0) is 6.18 Å². The molecule has 234 valence electrons. The molecule has 1 aliphatic heterocycles. The molecule has 6 rings (SSSR count). The molecule has 1 saturated heterocycles. The van der Waals surface area contributed by atoms with Crippen molar-refractivity contribution in [2.45, 2.75) is 32.0 Å². The van der Waals surface area contributed by atoms with Crippen molar-refractivity contribution in [3.05, 3.63) is 120 Å². The van der Waals surface area contributed by atoms with E-state index in [1.807, 2.05) is 60.4 Å². The Balaban J connectivity index is 1.03. The first-order valence-corrected chi connectivity index (χ1v) is 14.8. The molecule has 11 heteroatoms. The molecule has 0 unspecified atom stereocenters. The third-order valence-corrected chi connectivity index (χ3v) is 7.59. The average molecular weight is 625 g/mol. The molecule has 3 aromatic heterocycles. The number of carbonyl (C=O) groups is 1. The molecule has 46 heavy (non-hydrogen) atoms. The van der Waals surface area contributed by atoms with Crippen molar-refractivity contribution in [1.82, 2.24) is 19.9 Å². The minimum Gasteiger partial charge on any atom is -0.457 e. The van der Waals surface area contributed by atoms with Crippen molar-refractivity contribution in [3.63, 3.8) is 0 Å². The van der Waals surface area contributed by atoms with Crippen molar-refractivity contribution < 1.29 is 22.7 Å². The number of aromatic nitrogens is 3. The van der Waals surface area contributed by atoms with Gasteiger partial charge in [-0.15, -0.1) is 0 Å². The van der Waals surface area contributed by atoms with Crippen LogP contribution in [0.4, 0.5) is 30.6 Å². The van der Waals surface area contributed by atoms with E-state index in [-0.39, 0.29) is 17.8 Å². The molecule has 0 saturated carbocycles. The molecule has 4 heterocycles. The zero-order valence-electron chi connectivity index (χ0n) is 25.0. The van der Waals surface area contributed by atoms with E-state index < -0.39 is 11.7 Å². The fourth-order valence-corrected chi connectivity index (χ4v) is 5.23. The molecule has 0 radical (unpaired) electrons. The summed E-state index contributed by atoms with van der Waals surface area (Å²) in [5.74, 6) is 2.55. The predicted molar refractivity (Wildman–Crippen MR) is 170 cm³/mol. The number of piperidine rings is 1. The van der Waals surface area contributed by atoms with E-state index >= 15 is 0 Å². The Kier molecular flexibility index (Phi) is 8.82. The van der Waals surface area contributed by atoms with E-state index in [1.165, 1.54) is 0 Å². The number of nitrogens with zero attached hydrogens (tertiary/aromatic N) is 4. The summed E-state index contributed by atoms with van der Waals surface area (Å²) >= 11 is 0. The summed E-state index contributed by atoms with van der Waals surface area (Å²) in [5.41, 5.74) is 2.09. The van der Waals surface area contributed by atoms with Crippen molar-refractivity contribution in [2.24, 2.45) is 0 Å². The summed E-state index contributed by atoms with van der Waals surface area (Å²) in [4.78, 5) is 28.1. The lowest BCUT2D eigenvalue weighted by atomic mass is 10.0. The quantitative estimate of drug-likeness (QED) is 0.180. The van der Waals surface area contributed by atoms with Crippen molar-refractivity contribution >= 4 is 23.4 Å². The van der Waals surface area contributed by atoms with Gasteiger partial charge in [0, 0.05) is 42.7 Å². The molecule has 8 nitrogen and oxygen atoms in total. The van der Waals surface area contributed by atoms with Crippen LogP contribution in [0.15, 0.2) is 103 Å². The fourth-order valence-electron chi connectivity index (χ4n) is 5.23. The normalized spacial score (nSPS) is 13.7. The number of halogens is 3. The number of carbonyl (C=O) groups excluding carboxylic acids is 1. The van der Waals surface area contributed by atoms with Crippen LogP contribution < -0.4 is 15.4 Å². The average Bonchev–Trinajstić information content (AvgIpc) is 3.05. The van der Waals surface area contributed by atoms with E-state index in [4.69, 9.17) is 4.74 Å². The highest BCUT2D eigenvalue weighted by atomic mass is 19.4. The number of ether oxygens (including phenoxy) is 1. The maximum Gasteiger partial charge on any atom is 0.416 e. The number of amides is 1. The minimum absolute atomic E-state index is 0.00413. The van der Waals surface area contributed by atoms with Crippen LogP contribution in [0.3, 0.4) is 0 Å². The lowest BCUT2D eigenvalue weighted by molar-refractivity contribution is -0.137. The molecule has 0 bridgehead atoms. The lowest BCUT2D eigenvalue weighted by Gasteiger charge is -2.32. The zero-order valence-corrected chi connectivity index (χ0v) is 25.0. The molecular formula is C35H31F3N6O2. The predicted octanol–water partition coefficient (Wildman–Crippen LogP) is 8.12. The Hall–Kier alpha value is -5.45. The van der Waals surface area contributed by atoms with Gasteiger partial charge >= 0.3 is 6.18 Å². The van der Waals surface area contributed by atoms with Gasteiger partial charge in [0.1, 0.15) is 29.0 Å². The van der Waals surface area contributed by atoms with Crippen LogP contribution in [0.1, 0.15) is 34.3 Å². The molecule has 0 aliphatic carbocycles. The highest BCUT2D eigenvalue weighted by Crippen LogP contribution is 2.31. The molecule has 1 fully saturated rings. The van der Waals surface area contributed by atoms with Crippen LogP contribution in [0.25, 0.3) is 11.3 Å². The summed E-state index contributed by atoms with van der Waals surface area (Å²) in [6.45, 7) is 3.13. The molecule has 2 N–H and O–H groups in total. The minimum atomic E-state index is -4.47. The van der Waals surface area contributed by atoms with E-state index in [0.29, 0.717) is 41.7 Å². The van der Waals surface area contributed by atoms with Crippen molar-refractivity contribution in [1.29, 1.82) is 0 Å². The molecule has 2 aromatic carbocycles. The Morgan fingerprint density at radius 1 is 0.848 bits per heavy atom. The molecule has 1 amide bonds. The van der Waals surface area contributed by atoms with Gasteiger partial charge in [-0.2, -0.15) is 13.2 Å². The standard InChI is InChI=1S/C35H31F3N6O2/c1-23-19-30(42-33(20-23)43-32-21-26(13-16-39-32)35(36,37)38)25-9-12-31(40-22-25)41-27-14-17-44(18-15-27)34(45)24-7-10-29(11-8-24)46-28-5-3-2-4-6-28/h2-13,16,19-22,27H,14-15,17-18H2,1H3,(H,40,41)(H,39,42,43). The third-order valence-electron chi connectivity index (χ3n) is 7.59. The smallest absolute Gasteiger partial charge is 0.416 e. The van der Waals surface area contributed by atoms with Gasteiger partial charge in [0.05, 0.1) is 11.3 Å². The largest absolute Gasteiger partial charge is 0.457 e. The number of anilines is 3. The number of nitrogens with one attached hydrogen (secondary N) is 2. The monoisotopic (exact) mass is 624 g/mol. The molecule has 0 spiro atoms. The second kappa shape index (κ2) is 13.3. The summed E-state index contributed by atoms with van der Waals surface area (Å²) in [6, 6.07) is 26.1. The maximum absolute atomic E-state index is 13.1. The Bertz CT molecular complexity index is 1790. The Morgan fingerprint density at radius 3 is 2.28 bits per heavy atom. The number of hydrogen-bond donors (Lipinski definition) is 2. The fraction of sp³-hybridized carbons (Fsp3) is 0.200. The van der Waals surface area contributed by atoms with Crippen LogP contribution in [0.2, 0.25) is 0 Å². The number of pyridine rings is 3. The second-order valence-electron chi connectivity index (χ2n) is 11.0. The first kappa shape index (κ1) is 30.6. The van der Waals surface area contributed by atoms with Gasteiger partial charge in [-0.05, 0) is 98.1 Å². The Morgan fingerprint density at radius 2 is 1.59 bits per heavy atom. The van der Waals surface area contributed by atoms with Gasteiger partial charge in [0.2, 0.25) is 0 Å². The second-order valence-corrected chi connectivity index (χ2v) is 11.0. The summed E-state index contributed by atoms with van der Waals surface area (Å²) in [6.07, 6.45) is -0.0849. The Labute approximate surface area is 264 Å². The zero-order chi connectivity index (χ0) is 32.1. The number of benzene rings is 2. The van der Waals surface area contributed by atoms with E-state index in [9.17, 15) is 18.0 Å². The highest BCUT2D eigenvalue weighted by Gasteiger charge is 2.30. The molecule has 0 atom stereocenters. The first-order chi connectivity index (χ1) is 22.2. The number of aryl methyl sites for hydroxylation is 1. The number of likely N-dealkylation sites (tertiary alicyclic amines) is 1. The first-order valence-electron chi connectivity index (χ1n) is 14.8. The molecular weight excluding hydrogens is 593 g/mol. The topological polar surface area (TPSA) is 92.3 Å². The van der Waals surface area contributed by atoms with E-state index in [1.54, 1.807) is 36.5 Å². The summed E-state index contributed by atoms with van der Waals surface area (Å²) in [7, 11) is 0. The number of rotatable bonds is 8.